The summed E-state index contributed by atoms with van der Waals surface area (Å²) >= 11 is 5.99. The third kappa shape index (κ3) is 5.59. The lowest BCUT2D eigenvalue weighted by atomic mass is 10.1. The van der Waals surface area contributed by atoms with Crippen LogP contribution in [-0.4, -0.2) is 56.5 Å². The van der Waals surface area contributed by atoms with Crippen molar-refractivity contribution < 1.29 is 22.4 Å². The summed E-state index contributed by atoms with van der Waals surface area (Å²) in [5.41, 5.74) is 0.831. The minimum atomic E-state index is -3.15. The van der Waals surface area contributed by atoms with E-state index < -0.39 is 9.84 Å². The van der Waals surface area contributed by atoms with Crippen LogP contribution >= 0.6 is 11.6 Å². The number of halogens is 1. The van der Waals surface area contributed by atoms with Gasteiger partial charge in [0.25, 0.3) is 5.91 Å². The van der Waals surface area contributed by atoms with E-state index in [-0.39, 0.29) is 36.6 Å². The van der Waals surface area contributed by atoms with Crippen LogP contribution in [-0.2, 0) is 21.2 Å². The standard InChI is InChI=1S/C23H29ClN2O5S/c1-17-13-18(24)5-7-21(17)30-15-22(27)26(19-9-12-32(28,29)16-19)14-20-6-8-23(31-20)25-10-3-2-4-11-25/h5-8,13,19H,2-4,9-12,14-16H2,1H3. The Kier molecular flexibility index (Phi) is 7.00. The van der Waals surface area contributed by atoms with Crippen LogP contribution in [0, 0.1) is 6.92 Å². The fourth-order valence-electron chi connectivity index (χ4n) is 4.34. The Morgan fingerprint density at radius 3 is 2.69 bits per heavy atom. The number of sulfone groups is 1. The maximum Gasteiger partial charge on any atom is 0.261 e. The first-order valence-electron chi connectivity index (χ1n) is 11.0. The van der Waals surface area contributed by atoms with E-state index in [1.807, 2.05) is 19.1 Å². The lowest BCUT2D eigenvalue weighted by Gasteiger charge is -2.28. The normalized spacial score (nSPS) is 20.3. The average Bonchev–Trinajstić information content (AvgIpc) is 3.38. The molecule has 2 aliphatic heterocycles. The number of hydrogen-bond acceptors (Lipinski definition) is 6. The highest BCUT2D eigenvalue weighted by Crippen LogP contribution is 2.26. The van der Waals surface area contributed by atoms with Crippen LogP contribution < -0.4 is 9.64 Å². The molecule has 2 aromatic rings. The highest BCUT2D eigenvalue weighted by Gasteiger charge is 2.35. The number of carbonyl (C=O) groups excluding carboxylic acids is 1. The number of piperidine rings is 1. The molecule has 1 aromatic heterocycles. The number of hydrogen-bond donors (Lipinski definition) is 0. The first kappa shape index (κ1) is 23.0. The van der Waals surface area contributed by atoms with Gasteiger partial charge in [0, 0.05) is 30.2 Å². The van der Waals surface area contributed by atoms with Crippen molar-refractivity contribution in [1.82, 2.24) is 4.90 Å². The molecule has 2 fully saturated rings. The summed E-state index contributed by atoms with van der Waals surface area (Å²) in [5.74, 6) is 1.82. The summed E-state index contributed by atoms with van der Waals surface area (Å²) in [6.07, 6.45) is 3.94. The van der Waals surface area contributed by atoms with Crippen molar-refractivity contribution in [2.45, 2.75) is 45.2 Å². The number of carbonyl (C=O) groups is 1. The third-order valence-corrected chi connectivity index (χ3v) is 8.08. The maximum atomic E-state index is 13.1. The topological polar surface area (TPSA) is 80.1 Å². The highest BCUT2D eigenvalue weighted by atomic mass is 35.5. The molecule has 0 bridgehead atoms. The van der Waals surface area contributed by atoms with Crippen LogP contribution in [0.3, 0.4) is 0 Å². The number of ether oxygens (including phenoxy) is 1. The van der Waals surface area contributed by atoms with Gasteiger partial charge in [-0.05, 0) is 62.4 Å². The molecule has 1 aromatic carbocycles. The van der Waals surface area contributed by atoms with Crippen LogP contribution in [0.2, 0.25) is 5.02 Å². The molecule has 0 saturated carbocycles. The SMILES string of the molecule is Cc1cc(Cl)ccc1OCC(=O)N(Cc1ccc(N2CCCCC2)o1)C1CCS(=O)(=O)C1. The average molecular weight is 481 g/mol. The summed E-state index contributed by atoms with van der Waals surface area (Å²) in [7, 11) is -3.15. The second-order valence-corrected chi connectivity index (χ2v) is 11.2. The van der Waals surface area contributed by atoms with E-state index in [1.165, 1.54) is 6.42 Å². The van der Waals surface area contributed by atoms with Crippen LogP contribution in [0.4, 0.5) is 5.88 Å². The predicted octanol–water partition coefficient (Wildman–Crippen LogP) is 3.83. The Bertz CT molecular complexity index is 1060. The van der Waals surface area contributed by atoms with Gasteiger partial charge in [0.1, 0.15) is 11.5 Å². The van der Waals surface area contributed by atoms with Gasteiger partial charge in [0.15, 0.2) is 22.3 Å². The third-order valence-electron chi connectivity index (χ3n) is 6.10. The van der Waals surface area contributed by atoms with Gasteiger partial charge in [0.05, 0.1) is 18.1 Å². The monoisotopic (exact) mass is 480 g/mol. The minimum absolute atomic E-state index is 0.0294. The van der Waals surface area contributed by atoms with Crippen molar-refractivity contribution in [3.63, 3.8) is 0 Å². The zero-order valence-corrected chi connectivity index (χ0v) is 19.8. The van der Waals surface area contributed by atoms with Gasteiger partial charge in [-0.1, -0.05) is 11.6 Å². The zero-order chi connectivity index (χ0) is 22.7. The Labute approximate surface area is 194 Å². The molecule has 0 radical (unpaired) electrons. The molecule has 2 aliphatic rings. The molecule has 4 rings (SSSR count). The number of rotatable bonds is 7. The molecule has 7 nitrogen and oxygen atoms in total. The molecule has 9 heteroatoms. The highest BCUT2D eigenvalue weighted by molar-refractivity contribution is 7.91. The molecule has 1 amide bonds. The quantitative estimate of drug-likeness (QED) is 0.599. The van der Waals surface area contributed by atoms with Crippen molar-refractivity contribution >= 4 is 33.2 Å². The zero-order valence-electron chi connectivity index (χ0n) is 18.3. The molecular formula is C23H29ClN2O5S. The lowest BCUT2D eigenvalue weighted by molar-refractivity contribution is -0.136. The molecule has 0 N–H and O–H groups in total. The molecule has 1 unspecified atom stereocenters. The van der Waals surface area contributed by atoms with E-state index in [4.69, 9.17) is 20.8 Å². The van der Waals surface area contributed by atoms with Crippen LogP contribution in [0.1, 0.15) is 37.0 Å². The lowest BCUT2D eigenvalue weighted by Crippen LogP contribution is -2.43. The second-order valence-electron chi connectivity index (χ2n) is 8.56. The second kappa shape index (κ2) is 9.75. The summed E-state index contributed by atoms with van der Waals surface area (Å²) in [4.78, 5) is 16.9. The molecule has 174 valence electrons. The van der Waals surface area contributed by atoms with Crippen molar-refractivity contribution in [1.29, 1.82) is 0 Å². The number of amides is 1. The Morgan fingerprint density at radius 1 is 1.22 bits per heavy atom. The van der Waals surface area contributed by atoms with Crippen LogP contribution in [0.25, 0.3) is 0 Å². The fraction of sp³-hybridized carbons (Fsp3) is 0.522. The van der Waals surface area contributed by atoms with E-state index in [1.54, 1.807) is 23.1 Å². The van der Waals surface area contributed by atoms with Crippen molar-refractivity contribution in [3.05, 3.63) is 46.7 Å². The van der Waals surface area contributed by atoms with E-state index in [9.17, 15) is 13.2 Å². The smallest absolute Gasteiger partial charge is 0.261 e. The molecular weight excluding hydrogens is 452 g/mol. The number of anilines is 1. The molecule has 0 aliphatic carbocycles. The largest absolute Gasteiger partial charge is 0.483 e. The van der Waals surface area contributed by atoms with Crippen molar-refractivity contribution in [2.24, 2.45) is 0 Å². The van der Waals surface area contributed by atoms with E-state index in [2.05, 4.69) is 4.90 Å². The van der Waals surface area contributed by atoms with Gasteiger partial charge in [0.2, 0.25) is 0 Å². The van der Waals surface area contributed by atoms with E-state index in [0.717, 1.165) is 37.4 Å². The van der Waals surface area contributed by atoms with Crippen molar-refractivity contribution in [3.8, 4) is 5.75 Å². The molecule has 2 saturated heterocycles. The van der Waals surface area contributed by atoms with Crippen LogP contribution in [0.15, 0.2) is 34.7 Å². The van der Waals surface area contributed by atoms with Gasteiger partial charge in [-0.3, -0.25) is 4.79 Å². The maximum absolute atomic E-state index is 13.1. The van der Waals surface area contributed by atoms with Gasteiger partial charge >= 0.3 is 0 Å². The number of nitrogens with zero attached hydrogens (tertiary/aromatic N) is 2. The predicted molar refractivity (Wildman–Crippen MR) is 124 cm³/mol. The molecule has 32 heavy (non-hydrogen) atoms. The fourth-order valence-corrected chi connectivity index (χ4v) is 6.30. The van der Waals surface area contributed by atoms with Gasteiger partial charge in [-0.15, -0.1) is 0 Å². The van der Waals surface area contributed by atoms with E-state index >= 15 is 0 Å². The number of aryl methyl sites for hydroxylation is 1. The van der Waals surface area contributed by atoms with Gasteiger partial charge < -0.3 is 19.0 Å². The molecule has 3 heterocycles. The summed E-state index contributed by atoms with van der Waals surface area (Å²) in [6, 6.07) is 8.63. The van der Waals surface area contributed by atoms with E-state index in [0.29, 0.717) is 23.0 Å². The van der Waals surface area contributed by atoms with Gasteiger partial charge in [-0.25, -0.2) is 8.42 Å². The van der Waals surface area contributed by atoms with Crippen molar-refractivity contribution in [2.75, 3.05) is 36.1 Å². The Hall–Kier alpha value is -2.19. The Morgan fingerprint density at radius 2 is 2.00 bits per heavy atom. The first-order chi connectivity index (χ1) is 15.3. The van der Waals surface area contributed by atoms with Crippen LogP contribution in [0.5, 0.6) is 5.75 Å². The Balaban J connectivity index is 1.47. The molecule has 1 atom stereocenters. The number of benzene rings is 1. The first-order valence-corrected chi connectivity index (χ1v) is 13.2. The minimum Gasteiger partial charge on any atom is -0.483 e. The summed E-state index contributed by atoms with van der Waals surface area (Å²) in [6.45, 7) is 3.82. The summed E-state index contributed by atoms with van der Waals surface area (Å²) in [5, 5.41) is 0.598. The van der Waals surface area contributed by atoms with Gasteiger partial charge in [-0.2, -0.15) is 0 Å². The summed E-state index contributed by atoms with van der Waals surface area (Å²) < 4.78 is 35.9. The number of furan rings is 1. The molecule has 0 spiro atoms.